The van der Waals surface area contributed by atoms with Crippen molar-refractivity contribution in [1.29, 1.82) is 0 Å². The van der Waals surface area contributed by atoms with E-state index in [0.29, 0.717) is 0 Å². The van der Waals surface area contributed by atoms with E-state index in [4.69, 9.17) is 0 Å². The second-order valence-corrected chi connectivity index (χ2v) is 4.73. The molecule has 0 bridgehead atoms. The maximum absolute atomic E-state index is 4.60. The van der Waals surface area contributed by atoms with Crippen LogP contribution in [0.5, 0.6) is 0 Å². The molecule has 0 atom stereocenters. The third-order valence-corrected chi connectivity index (χ3v) is 3.43. The van der Waals surface area contributed by atoms with Crippen LogP contribution in [0, 0.1) is 6.92 Å². The van der Waals surface area contributed by atoms with Gasteiger partial charge in [0.15, 0.2) is 0 Å². The first-order chi connectivity index (χ1) is 8.12. The van der Waals surface area contributed by atoms with Gasteiger partial charge in [-0.2, -0.15) is 0 Å². The molecule has 0 saturated heterocycles. The number of hydrogen-bond acceptors (Lipinski definition) is 3. The minimum Gasteiger partial charge on any atom is -0.366 e. The minimum absolute atomic E-state index is 0.958. The molecule has 0 unspecified atom stereocenters. The number of aliphatic imine (C=N–C) groups is 1. The Hall–Kier alpha value is -1.03. The predicted molar refractivity (Wildman–Crippen MR) is 76.6 cm³/mol. The Bertz CT molecular complexity index is 402. The van der Waals surface area contributed by atoms with E-state index in [1.165, 1.54) is 5.56 Å². The molecule has 0 saturated carbocycles. The van der Waals surface area contributed by atoms with Gasteiger partial charge < -0.3 is 4.90 Å². The van der Waals surface area contributed by atoms with E-state index in [0.717, 1.165) is 29.4 Å². The first-order valence-electron chi connectivity index (χ1n) is 5.91. The Balaban J connectivity index is 3.04. The molecule has 0 aliphatic heterocycles. The summed E-state index contributed by atoms with van der Waals surface area (Å²) >= 11 is 1.70. The Labute approximate surface area is 108 Å². The topological polar surface area (TPSA) is 28.5 Å². The highest BCUT2D eigenvalue weighted by Crippen LogP contribution is 2.26. The molecule has 1 rings (SSSR count). The van der Waals surface area contributed by atoms with E-state index < -0.39 is 0 Å². The molecule has 3 nitrogen and oxygen atoms in total. The summed E-state index contributed by atoms with van der Waals surface area (Å²) in [6.07, 6.45) is 4.92. The van der Waals surface area contributed by atoms with Gasteiger partial charge >= 0.3 is 0 Å². The lowest BCUT2D eigenvalue weighted by atomic mass is 10.2. The van der Waals surface area contributed by atoms with Crippen LogP contribution in [0.2, 0.25) is 0 Å². The number of hydrogen-bond donors (Lipinski definition) is 0. The van der Waals surface area contributed by atoms with Crippen molar-refractivity contribution in [2.75, 3.05) is 19.8 Å². The molecule has 0 aliphatic rings. The quantitative estimate of drug-likeness (QED) is 0.457. The molecular weight excluding hydrogens is 230 g/mol. The van der Waals surface area contributed by atoms with Crippen molar-refractivity contribution >= 4 is 23.8 Å². The lowest BCUT2D eigenvalue weighted by Crippen LogP contribution is -2.14. The highest BCUT2D eigenvalue weighted by Gasteiger charge is 2.06. The lowest BCUT2D eigenvalue weighted by Gasteiger charge is -2.11. The molecule has 1 heterocycles. The SMILES string of the molecule is CCc1cc(/N=C/N(C)CC)c(C)nc1SC. The maximum atomic E-state index is 4.60. The van der Waals surface area contributed by atoms with Gasteiger partial charge in [0.25, 0.3) is 0 Å². The molecule has 0 spiro atoms. The van der Waals surface area contributed by atoms with E-state index in [-0.39, 0.29) is 0 Å². The van der Waals surface area contributed by atoms with Gasteiger partial charge in [0.1, 0.15) is 0 Å². The molecule has 0 aliphatic carbocycles. The fraction of sp³-hybridized carbons (Fsp3) is 0.538. The van der Waals surface area contributed by atoms with Crippen LogP contribution in [-0.2, 0) is 6.42 Å². The van der Waals surface area contributed by atoms with Crippen LogP contribution in [-0.4, -0.2) is 36.1 Å². The molecule has 0 amide bonds. The van der Waals surface area contributed by atoms with Crippen LogP contribution in [0.3, 0.4) is 0 Å². The van der Waals surface area contributed by atoms with Crippen molar-refractivity contribution in [2.45, 2.75) is 32.2 Å². The lowest BCUT2D eigenvalue weighted by molar-refractivity contribution is 0.552. The average Bonchev–Trinajstić information content (AvgIpc) is 2.36. The third kappa shape index (κ3) is 3.73. The summed E-state index contributed by atoms with van der Waals surface area (Å²) in [5, 5.41) is 1.12. The van der Waals surface area contributed by atoms with Gasteiger partial charge in [-0.25, -0.2) is 9.98 Å². The molecular formula is C13H21N3S. The number of aryl methyl sites for hydroxylation is 2. The minimum atomic E-state index is 0.958. The van der Waals surface area contributed by atoms with E-state index in [2.05, 4.69) is 36.1 Å². The second kappa shape index (κ2) is 6.64. The highest BCUT2D eigenvalue weighted by molar-refractivity contribution is 7.98. The summed E-state index contributed by atoms with van der Waals surface area (Å²) < 4.78 is 0. The fourth-order valence-electron chi connectivity index (χ4n) is 1.42. The van der Waals surface area contributed by atoms with Gasteiger partial charge in [0.2, 0.25) is 0 Å². The van der Waals surface area contributed by atoms with Crippen LogP contribution in [0.1, 0.15) is 25.1 Å². The summed E-state index contributed by atoms with van der Waals surface area (Å²) in [4.78, 5) is 11.1. The zero-order valence-corrected chi connectivity index (χ0v) is 12.1. The number of pyridine rings is 1. The summed E-state index contributed by atoms with van der Waals surface area (Å²) in [6.45, 7) is 7.22. The number of thioether (sulfide) groups is 1. The number of nitrogens with zero attached hydrogens (tertiary/aromatic N) is 3. The Morgan fingerprint density at radius 1 is 1.47 bits per heavy atom. The Morgan fingerprint density at radius 2 is 2.18 bits per heavy atom. The van der Waals surface area contributed by atoms with Crippen LogP contribution in [0.25, 0.3) is 0 Å². The maximum Gasteiger partial charge on any atom is 0.0993 e. The van der Waals surface area contributed by atoms with Crippen molar-refractivity contribution in [3.05, 3.63) is 17.3 Å². The van der Waals surface area contributed by atoms with E-state index in [1.54, 1.807) is 11.8 Å². The van der Waals surface area contributed by atoms with Gasteiger partial charge in [-0.3, -0.25) is 0 Å². The molecule has 1 aromatic heterocycles. The molecule has 1 aromatic rings. The van der Waals surface area contributed by atoms with Crippen LogP contribution in [0.4, 0.5) is 5.69 Å². The Kier molecular flexibility index (Phi) is 5.48. The molecule has 0 aromatic carbocycles. The van der Waals surface area contributed by atoms with E-state index in [9.17, 15) is 0 Å². The summed E-state index contributed by atoms with van der Waals surface area (Å²) in [5.41, 5.74) is 3.24. The van der Waals surface area contributed by atoms with Gasteiger partial charge in [-0.05, 0) is 38.2 Å². The molecule has 0 fully saturated rings. The predicted octanol–water partition coefficient (Wildman–Crippen LogP) is 3.29. The zero-order chi connectivity index (χ0) is 12.8. The van der Waals surface area contributed by atoms with Gasteiger partial charge in [-0.1, -0.05) is 6.92 Å². The highest BCUT2D eigenvalue weighted by atomic mass is 32.2. The van der Waals surface area contributed by atoms with Crippen molar-refractivity contribution in [3.63, 3.8) is 0 Å². The van der Waals surface area contributed by atoms with Crippen LogP contribution >= 0.6 is 11.8 Å². The summed E-state index contributed by atoms with van der Waals surface area (Å²) in [5.74, 6) is 0. The molecule has 94 valence electrons. The summed E-state index contributed by atoms with van der Waals surface area (Å²) in [6, 6.07) is 2.15. The third-order valence-electron chi connectivity index (χ3n) is 2.69. The molecule has 4 heteroatoms. The van der Waals surface area contributed by atoms with Crippen molar-refractivity contribution in [3.8, 4) is 0 Å². The standard InChI is InChI=1S/C13H21N3S/c1-6-11-8-12(14-9-16(4)7-2)10(3)15-13(11)17-5/h8-9H,6-7H2,1-5H3/b14-9+. The fourth-order valence-corrected chi connectivity index (χ4v) is 2.11. The van der Waals surface area contributed by atoms with Crippen molar-refractivity contribution in [2.24, 2.45) is 4.99 Å². The average molecular weight is 251 g/mol. The second-order valence-electron chi connectivity index (χ2n) is 3.93. The molecule has 17 heavy (non-hydrogen) atoms. The smallest absolute Gasteiger partial charge is 0.0993 e. The van der Waals surface area contributed by atoms with Crippen LogP contribution in [0.15, 0.2) is 16.1 Å². The van der Waals surface area contributed by atoms with Crippen LogP contribution < -0.4 is 0 Å². The Morgan fingerprint density at radius 3 is 2.71 bits per heavy atom. The van der Waals surface area contributed by atoms with Gasteiger partial charge in [0.05, 0.1) is 22.7 Å². The van der Waals surface area contributed by atoms with Gasteiger partial charge in [-0.15, -0.1) is 11.8 Å². The first kappa shape index (κ1) is 14.0. The van der Waals surface area contributed by atoms with Crippen molar-refractivity contribution in [1.82, 2.24) is 9.88 Å². The zero-order valence-electron chi connectivity index (χ0n) is 11.3. The molecule has 0 N–H and O–H groups in total. The van der Waals surface area contributed by atoms with Gasteiger partial charge in [0, 0.05) is 13.6 Å². The first-order valence-corrected chi connectivity index (χ1v) is 7.13. The van der Waals surface area contributed by atoms with Crippen molar-refractivity contribution < 1.29 is 0 Å². The number of aromatic nitrogens is 1. The number of rotatable bonds is 5. The molecule has 0 radical (unpaired) electrons. The van der Waals surface area contributed by atoms with E-state index >= 15 is 0 Å². The monoisotopic (exact) mass is 251 g/mol. The largest absolute Gasteiger partial charge is 0.366 e. The normalized spacial score (nSPS) is 11.1. The summed E-state index contributed by atoms with van der Waals surface area (Å²) in [7, 11) is 2.02. The van der Waals surface area contributed by atoms with E-state index in [1.807, 2.05) is 25.2 Å².